The second-order valence-electron chi connectivity index (χ2n) is 8.93. The van der Waals surface area contributed by atoms with Gasteiger partial charge in [-0.2, -0.15) is 0 Å². The van der Waals surface area contributed by atoms with Crippen molar-refractivity contribution >= 4 is 12.0 Å². The van der Waals surface area contributed by atoms with Crippen molar-refractivity contribution in [2.45, 2.75) is 90.2 Å². The van der Waals surface area contributed by atoms with Gasteiger partial charge in [-0.15, -0.1) is 0 Å². The van der Waals surface area contributed by atoms with Gasteiger partial charge in [0.2, 0.25) is 5.91 Å². The zero-order valence-corrected chi connectivity index (χ0v) is 18.2. The zero-order chi connectivity index (χ0) is 21.4. The lowest BCUT2D eigenvalue weighted by molar-refractivity contribution is -0.120. The monoisotopic (exact) mass is 403 g/mol. The summed E-state index contributed by atoms with van der Waals surface area (Å²) in [6, 6.07) is 3.68. The van der Waals surface area contributed by atoms with Crippen LogP contribution in [0.3, 0.4) is 0 Å². The van der Waals surface area contributed by atoms with E-state index in [4.69, 9.17) is 16.2 Å². The molecule has 0 radical (unpaired) electrons. The molecule has 5 N–H and O–H groups in total. The summed E-state index contributed by atoms with van der Waals surface area (Å²) in [6.07, 6.45) is 8.42. The first-order valence-electron chi connectivity index (χ1n) is 10.8. The number of hydrogen-bond acceptors (Lipinski definition) is 4. The molecule has 0 aromatic heterocycles. The zero-order valence-electron chi connectivity index (χ0n) is 18.2. The Morgan fingerprint density at radius 1 is 1.07 bits per heavy atom. The van der Waals surface area contributed by atoms with Crippen LogP contribution in [0.4, 0.5) is 4.79 Å². The number of nitrogens with two attached hydrogens (primary N) is 2. The Morgan fingerprint density at radius 3 is 2.17 bits per heavy atom. The number of benzene rings is 1. The summed E-state index contributed by atoms with van der Waals surface area (Å²) in [7, 11) is 0. The Morgan fingerprint density at radius 2 is 1.66 bits per heavy atom. The molecule has 1 aliphatic carbocycles. The maximum Gasteiger partial charge on any atom is 0.408 e. The lowest BCUT2D eigenvalue weighted by Gasteiger charge is -2.25. The van der Waals surface area contributed by atoms with E-state index in [-0.39, 0.29) is 0 Å². The van der Waals surface area contributed by atoms with E-state index in [2.05, 4.69) is 17.4 Å². The van der Waals surface area contributed by atoms with Crippen molar-refractivity contribution in [1.29, 1.82) is 0 Å². The number of carbonyl (C=O) groups is 2. The third-order valence-corrected chi connectivity index (χ3v) is 5.37. The van der Waals surface area contributed by atoms with Crippen LogP contribution in [-0.4, -0.2) is 30.2 Å². The average molecular weight is 404 g/mol. The van der Waals surface area contributed by atoms with Crippen LogP contribution in [0.15, 0.2) is 12.1 Å². The van der Waals surface area contributed by atoms with Gasteiger partial charge in [0.1, 0.15) is 11.6 Å². The van der Waals surface area contributed by atoms with Crippen molar-refractivity contribution in [2.24, 2.45) is 11.5 Å². The van der Waals surface area contributed by atoms with Crippen molar-refractivity contribution in [3.05, 3.63) is 34.4 Å². The third kappa shape index (κ3) is 7.35. The number of amides is 2. The van der Waals surface area contributed by atoms with Gasteiger partial charge >= 0.3 is 6.09 Å². The number of carbonyl (C=O) groups excluding carboxylic acids is 2. The van der Waals surface area contributed by atoms with Crippen molar-refractivity contribution in [2.75, 3.05) is 6.54 Å². The topological polar surface area (TPSA) is 107 Å². The normalized spacial score (nSPS) is 14.8. The highest BCUT2D eigenvalue weighted by Gasteiger charge is 2.24. The molecule has 162 valence electrons. The number of nitrogens with one attached hydrogen (secondary N) is 1. The van der Waals surface area contributed by atoms with Crippen molar-refractivity contribution < 1.29 is 14.3 Å². The molecular weight excluding hydrogens is 366 g/mol. The fourth-order valence-electron chi connectivity index (χ4n) is 3.98. The first kappa shape index (κ1) is 23.2. The van der Waals surface area contributed by atoms with Gasteiger partial charge < -0.3 is 21.5 Å². The molecule has 0 saturated carbocycles. The molecule has 1 atom stereocenters. The van der Waals surface area contributed by atoms with Crippen molar-refractivity contribution in [3.8, 4) is 0 Å². The fourth-order valence-corrected chi connectivity index (χ4v) is 3.98. The van der Waals surface area contributed by atoms with Crippen LogP contribution in [0.25, 0.3) is 0 Å². The average Bonchev–Trinajstić information content (AvgIpc) is 2.64. The first-order valence-corrected chi connectivity index (χ1v) is 10.8. The number of rotatable bonds is 9. The van der Waals surface area contributed by atoms with Crippen LogP contribution in [0.2, 0.25) is 0 Å². The Hall–Kier alpha value is -2.08. The molecule has 0 aliphatic heterocycles. The highest BCUT2D eigenvalue weighted by atomic mass is 16.6. The SMILES string of the molecule is CC(C)(C)OC(=O)N[C@@H](CCc1ccc(CCCCN)c2c1CCCC2)C(N)=O. The van der Waals surface area contributed by atoms with E-state index in [9.17, 15) is 9.59 Å². The second-order valence-corrected chi connectivity index (χ2v) is 8.93. The number of alkyl carbamates (subject to hydrolysis) is 1. The number of aryl methyl sites for hydroxylation is 2. The minimum atomic E-state index is -0.742. The first-order chi connectivity index (χ1) is 13.7. The molecule has 0 heterocycles. The molecule has 1 aromatic carbocycles. The van der Waals surface area contributed by atoms with Gasteiger partial charge in [-0.1, -0.05) is 12.1 Å². The highest BCUT2D eigenvalue weighted by Crippen LogP contribution is 2.29. The van der Waals surface area contributed by atoms with E-state index in [1.54, 1.807) is 20.8 Å². The number of unbranched alkanes of at least 4 members (excludes halogenated alkanes) is 1. The van der Waals surface area contributed by atoms with Crippen LogP contribution in [-0.2, 0) is 35.2 Å². The van der Waals surface area contributed by atoms with Gasteiger partial charge in [0.05, 0.1) is 0 Å². The van der Waals surface area contributed by atoms with Crippen LogP contribution in [0, 0.1) is 0 Å². The number of hydrogen-bond donors (Lipinski definition) is 3. The summed E-state index contributed by atoms with van der Waals surface area (Å²) in [6.45, 7) is 6.09. The van der Waals surface area contributed by atoms with E-state index >= 15 is 0 Å². The molecule has 0 unspecified atom stereocenters. The summed E-state index contributed by atoms with van der Waals surface area (Å²) in [4.78, 5) is 23.9. The van der Waals surface area contributed by atoms with Crippen LogP contribution < -0.4 is 16.8 Å². The molecular formula is C23H37N3O3. The molecule has 0 bridgehead atoms. The van der Waals surface area contributed by atoms with E-state index in [1.807, 2.05) is 0 Å². The molecule has 0 spiro atoms. The Balaban J connectivity index is 2.07. The van der Waals surface area contributed by atoms with E-state index in [1.165, 1.54) is 35.1 Å². The largest absolute Gasteiger partial charge is 0.444 e. The summed E-state index contributed by atoms with van der Waals surface area (Å²) < 4.78 is 5.26. The minimum Gasteiger partial charge on any atom is -0.444 e. The summed E-state index contributed by atoms with van der Waals surface area (Å²) in [5.74, 6) is -0.539. The minimum absolute atomic E-state index is 0.466. The molecule has 0 fully saturated rings. The smallest absolute Gasteiger partial charge is 0.408 e. The van der Waals surface area contributed by atoms with Crippen LogP contribution in [0.1, 0.15) is 75.1 Å². The Labute approximate surface area is 174 Å². The standard InChI is InChI=1S/C23H37N3O3/c1-23(2,3)29-22(28)26-20(21(25)27)14-13-17-12-11-16(8-6-7-15-24)18-9-4-5-10-19(17)18/h11-12,20H,4-10,13-15,24H2,1-3H3,(H2,25,27)(H,26,28)/t20-/m0/s1. The third-order valence-electron chi connectivity index (χ3n) is 5.37. The van der Waals surface area contributed by atoms with Crippen LogP contribution >= 0.6 is 0 Å². The molecule has 1 aliphatic rings. The molecule has 6 heteroatoms. The summed E-state index contributed by atoms with van der Waals surface area (Å²) >= 11 is 0. The lowest BCUT2D eigenvalue weighted by Crippen LogP contribution is -2.46. The van der Waals surface area contributed by atoms with Crippen molar-refractivity contribution in [3.63, 3.8) is 0 Å². The van der Waals surface area contributed by atoms with Crippen molar-refractivity contribution in [1.82, 2.24) is 5.32 Å². The molecule has 2 amide bonds. The van der Waals surface area contributed by atoms with E-state index in [0.29, 0.717) is 12.8 Å². The van der Waals surface area contributed by atoms with E-state index in [0.717, 1.165) is 38.6 Å². The van der Waals surface area contributed by atoms with Gasteiger partial charge in [-0.3, -0.25) is 4.79 Å². The molecule has 29 heavy (non-hydrogen) atoms. The van der Waals surface area contributed by atoms with E-state index < -0.39 is 23.6 Å². The maximum atomic E-state index is 12.0. The second kappa shape index (κ2) is 10.6. The Kier molecular flexibility index (Phi) is 8.50. The van der Waals surface area contributed by atoms with Gasteiger partial charge in [-0.25, -0.2) is 4.79 Å². The Bertz CT molecular complexity index is 710. The predicted molar refractivity (Wildman–Crippen MR) is 116 cm³/mol. The van der Waals surface area contributed by atoms with Gasteiger partial charge in [-0.05, 0) is 107 Å². The summed E-state index contributed by atoms with van der Waals surface area (Å²) in [5, 5.41) is 2.62. The highest BCUT2D eigenvalue weighted by molar-refractivity contribution is 5.84. The quantitative estimate of drug-likeness (QED) is 0.550. The summed E-state index contributed by atoms with van der Waals surface area (Å²) in [5.41, 5.74) is 16.2. The van der Waals surface area contributed by atoms with Gasteiger partial charge in [0.25, 0.3) is 0 Å². The molecule has 0 saturated heterocycles. The number of primary amides is 1. The molecule has 2 rings (SSSR count). The predicted octanol–water partition coefficient (Wildman–Crippen LogP) is 3.16. The maximum absolute atomic E-state index is 12.0. The number of fused-ring (bicyclic) bond motifs is 1. The fraction of sp³-hybridized carbons (Fsp3) is 0.652. The van der Waals surface area contributed by atoms with Gasteiger partial charge in [0.15, 0.2) is 0 Å². The van der Waals surface area contributed by atoms with Crippen LogP contribution in [0.5, 0.6) is 0 Å². The number of ether oxygens (including phenoxy) is 1. The lowest BCUT2D eigenvalue weighted by atomic mass is 9.82. The molecule has 1 aromatic rings. The van der Waals surface area contributed by atoms with Gasteiger partial charge in [0, 0.05) is 0 Å². The molecule has 6 nitrogen and oxygen atoms in total.